The van der Waals surface area contributed by atoms with Gasteiger partial charge in [-0.3, -0.25) is 0 Å². The van der Waals surface area contributed by atoms with Crippen LogP contribution in [-0.4, -0.2) is 49.3 Å². The molecule has 7 heteroatoms. The molecule has 2 N–H and O–H groups in total. The molecule has 0 unspecified atom stereocenters. The Morgan fingerprint density at radius 2 is 1.60 bits per heavy atom. The Labute approximate surface area is 88.2 Å². The zero-order valence-corrected chi connectivity index (χ0v) is 9.07. The van der Waals surface area contributed by atoms with Crippen molar-refractivity contribution in [3.05, 3.63) is 0 Å². The minimum absolute atomic E-state index is 0.230. The summed E-state index contributed by atoms with van der Waals surface area (Å²) in [6.45, 7) is 1.53. The molecule has 0 aromatic carbocycles. The quantitative estimate of drug-likeness (QED) is 0.618. The highest BCUT2D eigenvalue weighted by Crippen LogP contribution is 2.11. The Hall–Kier alpha value is -1.63. The van der Waals surface area contributed by atoms with Gasteiger partial charge in [-0.2, -0.15) is 9.97 Å². The van der Waals surface area contributed by atoms with Crippen molar-refractivity contribution in [3.8, 4) is 12.0 Å². The molecule has 7 nitrogen and oxygen atoms in total. The zero-order valence-electron chi connectivity index (χ0n) is 9.07. The van der Waals surface area contributed by atoms with Crippen LogP contribution in [0.2, 0.25) is 0 Å². The van der Waals surface area contributed by atoms with Crippen LogP contribution in [0.25, 0.3) is 0 Å². The third-order valence-electron chi connectivity index (χ3n) is 1.62. The monoisotopic (exact) mass is 213 g/mol. The van der Waals surface area contributed by atoms with E-state index in [2.05, 4.69) is 25.6 Å². The topological polar surface area (TPSA) is 81.2 Å². The van der Waals surface area contributed by atoms with Gasteiger partial charge in [-0.25, -0.2) is 0 Å². The van der Waals surface area contributed by atoms with Crippen molar-refractivity contribution in [2.75, 3.05) is 39.7 Å². The van der Waals surface area contributed by atoms with Crippen molar-refractivity contribution >= 4 is 5.95 Å². The van der Waals surface area contributed by atoms with E-state index in [0.717, 1.165) is 6.54 Å². The van der Waals surface area contributed by atoms with Gasteiger partial charge in [0.25, 0.3) is 0 Å². The molecule has 1 aromatic rings. The van der Waals surface area contributed by atoms with E-state index < -0.39 is 0 Å². The summed E-state index contributed by atoms with van der Waals surface area (Å²) in [6, 6.07) is 0.461. The number of likely N-dealkylation sites (N-methyl/N-ethyl adjacent to an activating group) is 1. The van der Waals surface area contributed by atoms with E-state index >= 15 is 0 Å². The summed E-state index contributed by atoms with van der Waals surface area (Å²) >= 11 is 0. The Morgan fingerprint density at radius 1 is 1.00 bits per heavy atom. The molecule has 0 spiro atoms. The third kappa shape index (κ3) is 3.55. The average Bonchev–Trinajstić information content (AvgIpc) is 2.29. The molecular formula is C8H15N5O2. The van der Waals surface area contributed by atoms with E-state index in [0.29, 0.717) is 12.5 Å². The number of methoxy groups -OCH3 is 2. The molecule has 84 valence electrons. The Bertz CT molecular complexity index is 285. The summed E-state index contributed by atoms with van der Waals surface area (Å²) in [4.78, 5) is 11.9. The molecule has 1 rings (SSSR count). The summed E-state index contributed by atoms with van der Waals surface area (Å²) in [7, 11) is 4.86. The maximum Gasteiger partial charge on any atom is 0.324 e. The third-order valence-corrected chi connectivity index (χ3v) is 1.62. The lowest BCUT2D eigenvalue weighted by atomic mass is 10.6. The van der Waals surface area contributed by atoms with E-state index in [-0.39, 0.29) is 12.0 Å². The maximum atomic E-state index is 4.91. The van der Waals surface area contributed by atoms with Crippen molar-refractivity contribution in [2.24, 2.45) is 0 Å². The van der Waals surface area contributed by atoms with Gasteiger partial charge in [0.05, 0.1) is 14.2 Å². The number of hydrogen-bond acceptors (Lipinski definition) is 7. The maximum absolute atomic E-state index is 4.91. The van der Waals surface area contributed by atoms with Crippen LogP contribution in [0.5, 0.6) is 12.0 Å². The fourth-order valence-electron chi connectivity index (χ4n) is 0.899. The molecule has 0 bridgehead atoms. The second kappa shape index (κ2) is 5.97. The first-order valence-corrected chi connectivity index (χ1v) is 4.52. The number of nitrogens with one attached hydrogen (secondary N) is 2. The van der Waals surface area contributed by atoms with Gasteiger partial charge >= 0.3 is 12.0 Å². The summed E-state index contributed by atoms with van der Waals surface area (Å²) < 4.78 is 9.81. The molecule has 0 saturated heterocycles. The van der Waals surface area contributed by atoms with E-state index in [1.807, 2.05) is 7.05 Å². The SMILES string of the molecule is CNCCNc1nc(OC)nc(OC)n1. The van der Waals surface area contributed by atoms with Crippen molar-refractivity contribution < 1.29 is 9.47 Å². The van der Waals surface area contributed by atoms with Crippen LogP contribution >= 0.6 is 0 Å². The fraction of sp³-hybridized carbons (Fsp3) is 0.625. The van der Waals surface area contributed by atoms with Crippen LogP contribution < -0.4 is 20.1 Å². The molecular weight excluding hydrogens is 198 g/mol. The normalized spacial score (nSPS) is 9.80. The predicted molar refractivity (Wildman–Crippen MR) is 55.3 cm³/mol. The number of ether oxygens (including phenoxy) is 2. The molecule has 0 aliphatic rings. The van der Waals surface area contributed by atoms with Crippen molar-refractivity contribution in [1.29, 1.82) is 0 Å². The highest BCUT2D eigenvalue weighted by molar-refractivity contribution is 5.27. The van der Waals surface area contributed by atoms with Gasteiger partial charge in [0.15, 0.2) is 0 Å². The highest BCUT2D eigenvalue weighted by atomic mass is 16.5. The molecule has 0 aliphatic heterocycles. The molecule has 0 amide bonds. The average molecular weight is 213 g/mol. The fourth-order valence-corrected chi connectivity index (χ4v) is 0.899. The van der Waals surface area contributed by atoms with Crippen LogP contribution in [0.3, 0.4) is 0 Å². The van der Waals surface area contributed by atoms with Crippen LogP contribution in [0.1, 0.15) is 0 Å². The van der Waals surface area contributed by atoms with Crippen molar-refractivity contribution in [2.45, 2.75) is 0 Å². The van der Waals surface area contributed by atoms with Crippen molar-refractivity contribution in [3.63, 3.8) is 0 Å². The number of hydrogen-bond donors (Lipinski definition) is 2. The number of nitrogens with zero attached hydrogens (tertiary/aromatic N) is 3. The zero-order chi connectivity index (χ0) is 11.1. The lowest BCUT2D eigenvalue weighted by molar-refractivity contribution is 0.341. The Morgan fingerprint density at radius 3 is 2.07 bits per heavy atom. The first-order chi connectivity index (χ1) is 7.30. The van der Waals surface area contributed by atoms with Crippen LogP contribution in [-0.2, 0) is 0 Å². The van der Waals surface area contributed by atoms with E-state index in [4.69, 9.17) is 9.47 Å². The molecule has 1 heterocycles. The van der Waals surface area contributed by atoms with Gasteiger partial charge in [0.2, 0.25) is 5.95 Å². The van der Waals surface area contributed by atoms with Crippen LogP contribution in [0.15, 0.2) is 0 Å². The first-order valence-electron chi connectivity index (χ1n) is 4.52. The van der Waals surface area contributed by atoms with Gasteiger partial charge in [0, 0.05) is 13.1 Å². The highest BCUT2D eigenvalue weighted by Gasteiger charge is 2.05. The molecule has 15 heavy (non-hydrogen) atoms. The standard InChI is InChI=1S/C8H15N5O2/c1-9-4-5-10-6-11-7(14-2)13-8(12-6)15-3/h9H,4-5H2,1-3H3,(H,10,11,12,13). The smallest absolute Gasteiger partial charge is 0.324 e. The minimum atomic E-state index is 0.230. The van der Waals surface area contributed by atoms with E-state index in [1.54, 1.807) is 0 Å². The molecule has 0 atom stereocenters. The molecule has 1 aromatic heterocycles. The molecule has 0 saturated carbocycles. The predicted octanol–water partition coefficient (Wildman–Crippen LogP) is -0.480. The number of aromatic nitrogens is 3. The largest absolute Gasteiger partial charge is 0.467 e. The second-order valence-electron chi connectivity index (χ2n) is 2.66. The lowest BCUT2D eigenvalue weighted by Crippen LogP contribution is -2.19. The van der Waals surface area contributed by atoms with Crippen LogP contribution in [0, 0.1) is 0 Å². The van der Waals surface area contributed by atoms with Gasteiger partial charge in [0.1, 0.15) is 0 Å². The summed E-state index contributed by atoms with van der Waals surface area (Å²) in [5, 5.41) is 6.01. The Kier molecular flexibility index (Phi) is 4.55. The first kappa shape index (κ1) is 11.4. The molecule has 0 radical (unpaired) electrons. The summed E-state index contributed by atoms with van der Waals surface area (Å²) in [6.07, 6.45) is 0. The van der Waals surface area contributed by atoms with Gasteiger partial charge in [-0.1, -0.05) is 0 Å². The van der Waals surface area contributed by atoms with E-state index in [9.17, 15) is 0 Å². The van der Waals surface area contributed by atoms with Gasteiger partial charge in [-0.15, -0.1) is 4.98 Å². The summed E-state index contributed by atoms with van der Waals surface area (Å²) in [5.41, 5.74) is 0. The number of anilines is 1. The van der Waals surface area contributed by atoms with Crippen LogP contribution in [0.4, 0.5) is 5.95 Å². The van der Waals surface area contributed by atoms with E-state index in [1.165, 1.54) is 14.2 Å². The van der Waals surface area contributed by atoms with Crippen molar-refractivity contribution in [1.82, 2.24) is 20.3 Å². The molecule has 0 fully saturated rings. The lowest BCUT2D eigenvalue weighted by Gasteiger charge is -2.06. The number of rotatable bonds is 6. The molecule has 0 aliphatic carbocycles. The summed E-state index contributed by atoms with van der Waals surface area (Å²) in [5.74, 6) is 0.439. The van der Waals surface area contributed by atoms with Gasteiger partial charge < -0.3 is 20.1 Å². The van der Waals surface area contributed by atoms with Gasteiger partial charge in [-0.05, 0) is 7.05 Å². The Balaban J connectivity index is 2.68. The second-order valence-corrected chi connectivity index (χ2v) is 2.66. The minimum Gasteiger partial charge on any atom is -0.467 e.